The van der Waals surface area contributed by atoms with Gasteiger partial charge in [-0.2, -0.15) is 8.42 Å². The van der Waals surface area contributed by atoms with Crippen LogP contribution < -0.4 is 11.3 Å². The van der Waals surface area contributed by atoms with Crippen molar-refractivity contribution in [2.24, 2.45) is 5.84 Å². The Morgan fingerprint density at radius 2 is 2.07 bits per heavy atom. The van der Waals surface area contributed by atoms with Crippen LogP contribution in [0.4, 0.5) is 5.69 Å². The number of halogens is 1. The van der Waals surface area contributed by atoms with Gasteiger partial charge in [0.1, 0.15) is 10.5 Å². The summed E-state index contributed by atoms with van der Waals surface area (Å²) in [4.78, 5) is 13.4. The minimum Gasteiger partial charge on any atom is -0.331 e. The van der Waals surface area contributed by atoms with Crippen LogP contribution in [-0.4, -0.2) is 27.3 Å². The molecule has 10 nitrogen and oxygen atoms in total. The van der Waals surface area contributed by atoms with E-state index in [1.165, 1.54) is 19.1 Å². The molecule has 0 amide bonds. The summed E-state index contributed by atoms with van der Waals surface area (Å²) in [7, 11) is -4.39. The number of nitro benzene ring substituents is 1. The molecule has 0 aliphatic heterocycles. The number of nitrogens with one attached hydrogen (secondary N) is 1. The highest BCUT2D eigenvalue weighted by atomic mass is 79.9. The van der Waals surface area contributed by atoms with E-state index in [9.17, 15) is 18.5 Å². The smallest absolute Gasteiger partial charge is 0.295 e. The van der Waals surface area contributed by atoms with Crippen LogP contribution in [0.3, 0.4) is 0 Å². The average molecular weight is 470 g/mol. The van der Waals surface area contributed by atoms with Gasteiger partial charge >= 0.3 is 0 Å². The second kappa shape index (κ2) is 8.93. The number of nitrogens with two attached hydrogens (primary N) is 1. The van der Waals surface area contributed by atoms with E-state index in [-0.39, 0.29) is 11.3 Å². The fraction of sp³-hybridized carbons (Fsp3) is 0.0625. The molecular formula is C16H16BrN5O5S. The molecule has 0 saturated heterocycles. The maximum Gasteiger partial charge on any atom is 0.295 e. The summed E-state index contributed by atoms with van der Waals surface area (Å²) in [6.07, 6.45) is 7.25. The van der Waals surface area contributed by atoms with Gasteiger partial charge in [-0.25, -0.2) is 4.98 Å². The number of non-ortho nitro benzene ring substituents is 1. The van der Waals surface area contributed by atoms with Crippen molar-refractivity contribution in [2.75, 3.05) is 0 Å². The summed E-state index contributed by atoms with van der Waals surface area (Å²) in [5.74, 6) is 5.14. The molecule has 0 saturated carbocycles. The Balaban J connectivity index is 0.000000200. The molecule has 2 aromatic heterocycles. The van der Waals surface area contributed by atoms with E-state index in [1.807, 2.05) is 28.8 Å². The van der Waals surface area contributed by atoms with Crippen LogP contribution in [0.5, 0.6) is 0 Å². The van der Waals surface area contributed by atoms with Crippen LogP contribution in [0.2, 0.25) is 0 Å². The summed E-state index contributed by atoms with van der Waals surface area (Å²) < 4.78 is 33.2. The molecule has 12 heteroatoms. The molecule has 1 aromatic carbocycles. The summed E-state index contributed by atoms with van der Waals surface area (Å²) in [6, 6.07) is 7.16. The van der Waals surface area contributed by atoms with E-state index in [0.29, 0.717) is 0 Å². The molecule has 0 unspecified atom stereocenters. The number of hydrazine groups is 1. The Bertz CT molecular complexity index is 1140. The lowest BCUT2D eigenvalue weighted by Crippen LogP contribution is -2.12. The lowest BCUT2D eigenvalue weighted by Gasteiger charge is -2.00. The first-order chi connectivity index (χ1) is 13.1. The molecule has 0 spiro atoms. The SMILES string of the molecule is Cc1ccc([N+](=O)[O-])cc1S(=O)(=O)O.NNC=Cc1cnc2ccc(Br)cn12. The number of fused-ring (bicyclic) bond motifs is 1. The van der Waals surface area contributed by atoms with Gasteiger partial charge in [-0.15, -0.1) is 0 Å². The fourth-order valence-corrected chi connectivity index (χ4v) is 3.29. The predicted molar refractivity (Wildman–Crippen MR) is 107 cm³/mol. The normalized spacial score (nSPS) is 11.3. The number of rotatable bonds is 4. The van der Waals surface area contributed by atoms with E-state index in [0.717, 1.165) is 21.9 Å². The van der Waals surface area contributed by atoms with Crippen molar-refractivity contribution in [2.45, 2.75) is 11.8 Å². The number of benzene rings is 1. The summed E-state index contributed by atoms with van der Waals surface area (Å²) in [6.45, 7) is 1.44. The Labute approximate surface area is 168 Å². The van der Waals surface area contributed by atoms with Crippen molar-refractivity contribution in [3.8, 4) is 0 Å². The molecule has 0 bridgehead atoms. The number of imidazole rings is 1. The first-order valence-corrected chi connectivity index (χ1v) is 9.84. The quantitative estimate of drug-likeness (QED) is 0.228. The van der Waals surface area contributed by atoms with Gasteiger partial charge in [0.2, 0.25) is 0 Å². The number of nitro groups is 1. The van der Waals surface area contributed by atoms with Gasteiger partial charge in [0.25, 0.3) is 15.8 Å². The zero-order chi connectivity index (χ0) is 20.9. The fourth-order valence-electron chi connectivity index (χ4n) is 2.21. The lowest BCUT2D eigenvalue weighted by molar-refractivity contribution is -0.385. The largest absolute Gasteiger partial charge is 0.331 e. The molecule has 4 N–H and O–H groups in total. The Hall–Kier alpha value is -2.80. The van der Waals surface area contributed by atoms with Gasteiger partial charge in [-0.3, -0.25) is 24.9 Å². The molecule has 2 heterocycles. The standard InChI is InChI=1S/C9H9BrN4.C7H7NO5S/c10-7-1-2-9-12-5-8(3-4-13-11)14(9)6-7;1-5-2-3-6(8(9)10)4-7(5)14(11,12)13/h1-6,13H,11H2;2-4H,1H3,(H,11,12,13). The number of aryl methyl sites for hydroxylation is 1. The van der Waals surface area contributed by atoms with Crippen molar-refractivity contribution in [3.63, 3.8) is 0 Å². The zero-order valence-corrected chi connectivity index (χ0v) is 16.9. The summed E-state index contributed by atoms with van der Waals surface area (Å²) in [5, 5.41) is 10.3. The zero-order valence-electron chi connectivity index (χ0n) is 14.5. The summed E-state index contributed by atoms with van der Waals surface area (Å²) >= 11 is 3.41. The van der Waals surface area contributed by atoms with Crippen molar-refractivity contribution >= 4 is 43.5 Å². The van der Waals surface area contributed by atoms with E-state index in [1.54, 1.807) is 12.4 Å². The molecule has 0 aliphatic rings. The number of pyridine rings is 1. The number of nitrogens with zero attached hydrogens (tertiary/aromatic N) is 3. The molecule has 3 rings (SSSR count). The Kier molecular flexibility index (Phi) is 6.85. The molecule has 3 aromatic rings. The van der Waals surface area contributed by atoms with Crippen LogP contribution in [0.25, 0.3) is 11.7 Å². The van der Waals surface area contributed by atoms with Crippen molar-refractivity contribution in [1.29, 1.82) is 0 Å². The van der Waals surface area contributed by atoms with E-state index >= 15 is 0 Å². The van der Waals surface area contributed by atoms with Gasteiger partial charge in [-0.1, -0.05) is 6.07 Å². The van der Waals surface area contributed by atoms with Crippen molar-refractivity contribution in [3.05, 3.63) is 74.8 Å². The van der Waals surface area contributed by atoms with Crippen LogP contribution in [0, 0.1) is 17.0 Å². The second-order valence-corrected chi connectivity index (χ2v) is 7.75. The molecule has 0 aliphatic carbocycles. The minimum absolute atomic E-state index is 0.262. The van der Waals surface area contributed by atoms with E-state index < -0.39 is 19.9 Å². The third kappa shape index (κ3) is 5.36. The monoisotopic (exact) mass is 469 g/mol. The highest BCUT2D eigenvalue weighted by molar-refractivity contribution is 9.10. The van der Waals surface area contributed by atoms with Crippen molar-refractivity contribution < 1.29 is 17.9 Å². The van der Waals surface area contributed by atoms with E-state index in [4.69, 9.17) is 10.4 Å². The van der Waals surface area contributed by atoms with Crippen molar-refractivity contribution in [1.82, 2.24) is 14.8 Å². The first-order valence-electron chi connectivity index (χ1n) is 7.61. The number of aromatic nitrogens is 2. The predicted octanol–water partition coefficient (Wildman–Crippen LogP) is 2.68. The molecule has 28 heavy (non-hydrogen) atoms. The number of hydrogen-bond donors (Lipinski definition) is 3. The van der Waals surface area contributed by atoms with E-state index in [2.05, 4.69) is 26.3 Å². The van der Waals surface area contributed by atoms with Crippen LogP contribution >= 0.6 is 15.9 Å². The third-order valence-electron chi connectivity index (χ3n) is 3.51. The second-order valence-electron chi connectivity index (χ2n) is 5.44. The van der Waals surface area contributed by atoms with Gasteiger partial charge in [-0.05, 0) is 46.6 Å². The molecular weight excluding hydrogens is 454 g/mol. The molecule has 0 fully saturated rings. The van der Waals surface area contributed by atoms with Gasteiger partial charge in [0, 0.05) is 29.0 Å². The molecule has 0 radical (unpaired) electrons. The Morgan fingerprint density at radius 3 is 2.68 bits per heavy atom. The maximum atomic E-state index is 10.8. The van der Waals surface area contributed by atoms with Gasteiger partial charge in [0.15, 0.2) is 0 Å². The third-order valence-corrected chi connectivity index (χ3v) is 4.97. The number of hydrogen-bond acceptors (Lipinski definition) is 7. The van der Waals surface area contributed by atoms with Crippen LogP contribution in [-0.2, 0) is 10.1 Å². The maximum absolute atomic E-state index is 10.8. The topological polar surface area (TPSA) is 153 Å². The van der Waals surface area contributed by atoms with Crippen LogP contribution in [0.15, 0.2) is 58.3 Å². The summed E-state index contributed by atoms with van der Waals surface area (Å²) in [5.41, 5.74) is 4.22. The highest BCUT2D eigenvalue weighted by Crippen LogP contribution is 2.21. The van der Waals surface area contributed by atoms with Gasteiger partial charge < -0.3 is 5.43 Å². The lowest BCUT2D eigenvalue weighted by atomic mass is 10.2. The highest BCUT2D eigenvalue weighted by Gasteiger charge is 2.17. The first kappa shape index (κ1) is 21.5. The minimum atomic E-state index is -4.39. The average Bonchev–Trinajstić information content (AvgIpc) is 3.01. The Morgan fingerprint density at radius 1 is 1.36 bits per heavy atom. The van der Waals surface area contributed by atoms with Gasteiger partial charge in [0.05, 0.1) is 16.8 Å². The molecule has 0 atom stereocenters. The molecule has 148 valence electrons. The van der Waals surface area contributed by atoms with Crippen LogP contribution in [0.1, 0.15) is 11.3 Å².